The Labute approximate surface area is 152 Å². The van der Waals surface area contributed by atoms with Crippen molar-refractivity contribution in [1.82, 2.24) is 9.80 Å². The maximum absolute atomic E-state index is 12.4. The van der Waals surface area contributed by atoms with E-state index in [1.807, 2.05) is 0 Å². The Bertz CT molecular complexity index is 480. The third-order valence-electron chi connectivity index (χ3n) is 3.34. The third-order valence-corrected chi connectivity index (χ3v) is 5.04. The van der Waals surface area contributed by atoms with Crippen LogP contribution in [0.25, 0.3) is 0 Å². The van der Waals surface area contributed by atoms with Gasteiger partial charge in [0.1, 0.15) is 11.6 Å². The van der Waals surface area contributed by atoms with Crippen molar-refractivity contribution in [1.29, 1.82) is 0 Å². The third kappa shape index (κ3) is 10.1. The number of ether oxygens (including phenoxy) is 2. The first kappa shape index (κ1) is 23.4. The molecular formula is C17H34N2O5Si. The fraction of sp³-hybridized carbons (Fsp3) is 0.824. The molecule has 25 heavy (non-hydrogen) atoms. The topological polar surface area (TPSA) is 76.2 Å². The molecule has 0 N–H and O–H groups in total. The smallest absolute Gasteiger partial charge is 0.410 e. The average molecular weight is 375 g/mol. The van der Waals surface area contributed by atoms with Crippen LogP contribution in [0.1, 0.15) is 27.2 Å². The summed E-state index contributed by atoms with van der Waals surface area (Å²) in [6.07, 6.45) is -0.824. The van der Waals surface area contributed by atoms with E-state index in [9.17, 15) is 14.4 Å². The summed E-state index contributed by atoms with van der Waals surface area (Å²) in [5.74, 6) is -0.884. The summed E-state index contributed by atoms with van der Waals surface area (Å²) in [6, 6.07) is -0.116. The maximum atomic E-state index is 12.4. The molecule has 0 aromatic heterocycles. The molecule has 0 aliphatic rings. The van der Waals surface area contributed by atoms with E-state index >= 15 is 0 Å². The molecule has 0 fully saturated rings. The van der Waals surface area contributed by atoms with E-state index in [1.165, 1.54) is 16.8 Å². The van der Waals surface area contributed by atoms with Gasteiger partial charge in [0, 0.05) is 29.2 Å². The van der Waals surface area contributed by atoms with Crippen molar-refractivity contribution in [3.05, 3.63) is 0 Å². The second kappa shape index (κ2) is 9.21. The van der Waals surface area contributed by atoms with E-state index in [4.69, 9.17) is 9.47 Å². The van der Waals surface area contributed by atoms with Gasteiger partial charge in [0.05, 0.1) is 13.0 Å². The fourth-order valence-electron chi connectivity index (χ4n) is 1.90. The van der Waals surface area contributed by atoms with Crippen molar-refractivity contribution in [2.75, 3.05) is 27.7 Å². The Morgan fingerprint density at radius 2 is 1.56 bits per heavy atom. The molecule has 7 nitrogen and oxygen atoms in total. The number of rotatable bonds is 7. The average Bonchev–Trinajstić information content (AvgIpc) is 2.39. The van der Waals surface area contributed by atoms with Crippen LogP contribution in [0, 0.1) is 0 Å². The molecule has 0 aliphatic heterocycles. The molecule has 0 aromatic carbocycles. The molecule has 1 atom stereocenters. The van der Waals surface area contributed by atoms with Gasteiger partial charge in [0.25, 0.3) is 0 Å². The molecule has 1 unspecified atom stereocenters. The Hall–Kier alpha value is -1.57. The molecule has 0 aromatic rings. The van der Waals surface area contributed by atoms with Crippen molar-refractivity contribution in [3.8, 4) is 0 Å². The van der Waals surface area contributed by atoms with Crippen LogP contribution in [0.2, 0.25) is 25.7 Å². The molecule has 0 rings (SSSR count). The summed E-state index contributed by atoms with van der Waals surface area (Å²) in [5.41, 5.74) is -0.654. The highest BCUT2D eigenvalue weighted by atomic mass is 28.3. The van der Waals surface area contributed by atoms with Crippen molar-refractivity contribution in [2.45, 2.75) is 64.5 Å². The van der Waals surface area contributed by atoms with Gasteiger partial charge in [0.2, 0.25) is 5.91 Å². The zero-order valence-electron chi connectivity index (χ0n) is 17.1. The number of hydrogen-bond acceptors (Lipinski definition) is 5. The SMILES string of the molecule is CN(C)C(=O)C(CC(=O)OC(C)(C)C)N(C)C(=O)OCC[Si](C)(C)C. The van der Waals surface area contributed by atoms with Gasteiger partial charge >= 0.3 is 12.1 Å². The quantitative estimate of drug-likeness (QED) is 0.506. The lowest BCUT2D eigenvalue weighted by Gasteiger charge is -2.29. The molecule has 2 amide bonds. The normalized spacial score (nSPS) is 13.0. The number of carbonyl (C=O) groups excluding carboxylic acids is 3. The van der Waals surface area contributed by atoms with Gasteiger partial charge in [-0.05, 0) is 26.8 Å². The van der Waals surface area contributed by atoms with Crippen LogP contribution in [0.3, 0.4) is 0 Å². The van der Waals surface area contributed by atoms with E-state index in [2.05, 4.69) is 19.6 Å². The van der Waals surface area contributed by atoms with Gasteiger partial charge in [-0.1, -0.05) is 19.6 Å². The van der Waals surface area contributed by atoms with E-state index in [1.54, 1.807) is 34.9 Å². The Morgan fingerprint density at radius 3 is 1.96 bits per heavy atom. The maximum Gasteiger partial charge on any atom is 0.410 e. The first-order chi connectivity index (χ1) is 11.1. The highest BCUT2D eigenvalue weighted by molar-refractivity contribution is 6.76. The minimum atomic E-state index is -1.32. The van der Waals surface area contributed by atoms with Crippen molar-refractivity contribution in [3.63, 3.8) is 0 Å². The predicted molar refractivity (Wildman–Crippen MR) is 100 cm³/mol. The first-order valence-corrected chi connectivity index (χ1v) is 12.2. The van der Waals surface area contributed by atoms with Gasteiger partial charge in [0.15, 0.2) is 0 Å². The fourth-order valence-corrected chi connectivity index (χ4v) is 2.62. The summed E-state index contributed by atoms with van der Waals surface area (Å²) in [4.78, 5) is 39.3. The largest absolute Gasteiger partial charge is 0.460 e. The van der Waals surface area contributed by atoms with E-state index in [0.29, 0.717) is 6.61 Å². The molecule has 8 heteroatoms. The lowest BCUT2D eigenvalue weighted by Crippen LogP contribution is -2.49. The van der Waals surface area contributed by atoms with Crippen LogP contribution in [0.15, 0.2) is 0 Å². The summed E-state index contributed by atoms with van der Waals surface area (Å²) in [5, 5.41) is 0. The number of likely N-dealkylation sites (N-methyl/N-ethyl adjacent to an activating group) is 2. The van der Waals surface area contributed by atoms with Crippen LogP contribution >= 0.6 is 0 Å². The molecule has 0 saturated carbocycles. The van der Waals surface area contributed by atoms with Gasteiger partial charge in [-0.3, -0.25) is 14.5 Å². The standard InChI is InChI=1S/C17H34N2O5Si/c1-17(2,3)24-14(20)12-13(15(21)18(4)5)19(6)16(22)23-10-11-25(7,8)9/h13H,10-12H2,1-9H3. The lowest BCUT2D eigenvalue weighted by atomic mass is 10.1. The van der Waals surface area contributed by atoms with Gasteiger partial charge < -0.3 is 14.4 Å². The number of carbonyl (C=O) groups is 3. The van der Waals surface area contributed by atoms with Crippen molar-refractivity contribution >= 4 is 26.0 Å². The minimum Gasteiger partial charge on any atom is -0.460 e. The number of hydrogen-bond donors (Lipinski definition) is 0. The van der Waals surface area contributed by atoms with Gasteiger partial charge in [-0.25, -0.2) is 4.79 Å². The molecule has 0 radical (unpaired) electrons. The summed E-state index contributed by atoms with van der Waals surface area (Å²) in [6.45, 7) is 12.1. The van der Waals surface area contributed by atoms with Crippen LogP contribution in [0.5, 0.6) is 0 Å². The lowest BCUT2D eigenvalue weighted by molar-refractivity contribution is -0.158. The molecule has 0 aliphatic carbocycles. The van der Waals surface area contributed by atoms with Crippen LogP contribution in [0.4, 0.5) is 4.79 Å². The first-order valence-electron chi connectivity index (χ1n) is 8.46. The van der Waals surface area contributed by atoms with E-state index < -0.39 is 31.8 Å². The Kier molecular flexibility index (Phi) is 8.64. The summed E-state index contributed by atoms with van der Waals surface area (Å²) >= 11 is 0. The van der Waals surface area contributed by atoms with Crippen LogP contribution in [-0.4, -0.2) is 75.2 Å². The summed E-state index contributed by atoms with van der Waals surface area (Å²) < 4.78 is 10.5. The second-order valence-electron chi connectivity index (χ2n) is 8.57. The van der Waals surface area contributed by atoms with Gasteiger partial charge in [-0.15, -0.1) is 0 Å². The van der Waals surface area contributed by atoms with E-state index in [-0.39, 0.29) is 12.3 Å². The predicted octanol–water partition coefficient (Wildman–Crippen LogP) is 2.58. The van der Waals surface area contributed by atoms with Crippen LogP contribution in [-0.2, 0) is 19.1 Å². The highest BCUT2D eigenvalue weighted by Crippen LogP contribution is 2.14. The molecular weight excluding hydrogens is 340 g/mol. The van der Waals surface area contributed by atoms with E-state index in [0.717, 1.165) is 6.04 Å². The van der Waals surface area contributed by atoms with Crippen molar-refractivity contribution in [2.24, 2.45) is 0 Å². The molecule has 0 heterocycles. The number of amides is 2. The zero-order valence-corrected chi connectivity index (χ0v) is 18.1. The number of esters is 1. The Morgan fingerprint density at radius 1 is 1.04 bits per heavy atom. The van der Waals surface area contributed by atoms with Crippen molar-refractivity contribution < 1.29 is 23.9 Å². The second-order valence-corrected chi connectivity index (χ2v) is 14.2. The highest BCUT2D eigenvalue weighted by Gasteiger charge is 2.33. The van der Waals surface area contributed by atoms with Crippen LogP contribution < -0.4 is 0 Å². The Balaban J connectivity index is 4.99. The number of nitrogens with zero attached hydrogens (tertiary/aromatic N) is 2. The monoisotopic (exact) mass is 374 g/mol. The summed E-state index contributed by atoms with van der Waals surface area (Å²) in [7, 11) is 3.30. The minimum absolute atomic E-state index is 0.214. The molecule has 0 saturated heterocycles. The zero-order chi connectivity index (χ0) is 20.0. The molecule has 0 bridgehead atoms. The van der Waals surface area contributed by atoms with Gasteiger partial charge in [-0.2, -0.15) is 0 Å². The molecule has 0 spiro atoms. The molecule has 146 valence electrons.